The SMILES string of the molecule is CC1NCCN(C(=O)C2CCN(c3cccc(Cl)c3)C2=O)C1C.Cl. The molecule has 0 bridgehead atoms. The van der Waals surface area contributed by atoms with Crippen LogP contribution >= 0.6 is 24.0 Å². The second-order valence-corrected chi connectivity index (χ2v) is 6.76. The molecule has 2 fully saturated rings. The average Bonchev–Trinajstić information content (AvgIpc) is 2.91. The van der Waals surface area contributed by atoms with Crippen LogP contribution in [0.1, 0.15) is 20.3 Å². The van der Waals surface area contributed by atoms with Gasteiger partial charge in [0, 0.05) is 42.4 Å². The Morgan fingerprint density at radius 1 is 1.29 bits per heavy atom. The van der Waals surface area contributed by atoms with Crippen molar-refractivity contribution < 1.29 is 9.59 Å². The maximum absolute atomic E-state index is 12.8. The van der Waals surface area contributed by atoms with E-state index in [1.807, 2.05) is 24.0 Å². The highest BCUT2D eigenvalue weighted by Crippen LogP contribution is 2.29. The summed E-state index contributed by atoms with van der Waals surface area (Å²) in [5, 5.41) is 3.95. The lowest BCUT2D eigenvalue weighted by Gasteiger charge is -2.39. The van der Waals surface area contributed by atoms with Crippen molar-refractivity contribution in [1.82, 2.24) is 10.2 Å². The molecule has 0 aromatic heterocycles. The van der Waals surface area contributed by atoms with Crippen LogP contribution in [0, 0.1) is 5.92 Å². The van der Waals surface area contributed by atoms with Gasteiger partial charge in [0.15, 0.2) is 0 Å². The molecule has 3 unspecified atom stereocenters. The van der Waals surface area contributed by atoms with Gasteiger partial charge in [-0.15, -0.1) is 12.4 Å². The lowest BCUT2D eigenvalue weighted by molar-refractivity contribution is -0.142. The minimum atomic E-state index is -0.568. The van der Waals surface area contributed by atoms with Crippen LogP contribution in [-0.4, -0.2) is 48.4 Å². The van der Waals surface area contributed by atoms with Crippen molar-refractivity contribution in [3.8, 4) is 0 Å². The molecule has 2 saturated heterocycles. The first-order valence-electron chi connectivity index (χ1n) is 8.10. The molecule has 5 nitrogen and oxygen atoms in total. The summed E-state index contributed by atoms with van der Waals surface area (Å²) in [4.78, 5) is 29.1. The van der Waals surface area contributed by atoms with Gasteiger partial charge in [-0.1, -0.05) is 17.7 Å². The molecule has 2 aliphatic rings. The van der Waals surface area contributed by atoms with Gasteiger partial charge in [-0.25, -0.2) is 0 Å². The monoisotopic (exact) mass is 371 g/mol. The Bertz CT molecular complexity index is 626. The number of amides is 2. The molecule has 1 aromatic carbocycles. The van der Waals surface area contributed by atoms with Crippen LogP contribution in [0.15, 0.2) is 24.3 Å². The van der Waals surface area contributed by atoms with Crippen LogP contribution in [0.25, 0.3) is 0 Å². The van der Waals surface area contributed by atoms with Crippen molar-refractivity contribution >= 4 is 41.5 Å². The Morgan fingerprint density at radius 2 is 2.04 bits per heavy atom. The van der Waals surface area contributed by atoms with Crippen LogP contribution in [0.2, 0.25) is 5.02 Å². The zero-order valence-corrected chi connectivity index (χ0v) is 15.4. The van der Waals surface area contributed by atoms with Crippen LogP contribution in [0.5, 0.6) is 0 Å². The molecule has 7 heteroatoms. The van der Waals surface area contributed by atoms with E-state index in [9.17, 15) is 9.59 Å². The molecule has 1 aromatic rings. The van der Waals surface area contributed by atoms with Gasteiger partial charge in [0.2, 0.25) is 11.8 Å². The minimum Gasteiger partial charge on any atom is -0.336 e. The number of anilines is 1. The standard InChI is InChI=1S/C17H22ClN3O2.ClH/c1-11-12(2)20(9-7-19-11)16(22)15-6-8-21(17(15)23)14-5-3-4-13(18)10-14;/h3-5,10-12,15,19H,6-9H2,1-2H3;1H. The molecule has 3 rings (SSSR count). The molecule has 1 N–H and O–H groups in total. The fraction of sp³-hybridized carbons (Fsp3) is 0.529. The predicted octanol–water partition coefficient (Wildman–Crippen LogP) is 2.32. The van der Waals surface area contributed by atoms with E-state index in [4.69, 9.17) is 11.6 Å². The summed E-state index contributed by atoms with van der Waals surface area (Å²) in [5.74, 6) is -0.724. The highest BCUT2D eigenvalue weighted by molar-refractivity contribution is 6.31. The van der Waals surface area contributed by atoms with E-state index in [-0.39, 0.29) is 36.3 Å². The largest absolute Gasteiger partial charge is 0.336 e. The Hall–Kier alpha value is -1.30. The Balaban J connectivity index is 0.00000208. The fourth-order valence-corrected chi connectivity index (χ4v) is 3.56. The number of carbonyl (C=O) groups is 2. The fourth-order valence-electron chi connectivity index (χ4n) is 3.38. The molecule has 2 aliphatic heterocycles. The Kier molecular flexibility index (Phi) is 6.12. The summed E-state index contributed by atoms with van der Waals surface area (Å²) in [6, 6.07) is 7.56. The van der Waals surface area contributed by atoms with E-state index < -0.39 is 5.92 Å². The van der Waals surface area contributed by atoms with Crippen LogP contribution in [0.3, 0.4) is 0 Å². The molecule has 2 amide bonds. The lowest BCUT2D eigenvalue weighted by atomic mass is 10.0. The van der Waals surface area contributed by atoms with Crippen molar-refractivity contribution in [2.75, 3.05) is 24.5 Å². The maximum atomic E-state index is 12.8. The summed E-state index contributed by atoms with van der Waals surface area (Å²) in [7, 11) is 0. The maximum Gasteiger partial charge on any atom is 0.239 e. The van der Waals surface area contributed by atoms with Crippen LogP contribution < -0.4 is 10.2 Å². The normalized spacial score (nSPS) is 27.1. The van der Waals surface area contributed by atoms with Crippen molar-refractivity contribution in [2.24, 2.45) is 5.92 Å². The van der Waals surface area contributed by atoms with Gasteiger partial charge in [-0.3, -0.25) is 9.59 Å². The third-order valence-electron chi connectivity index (χ3n) is 4.94. The topological polar surface area (TPSA) is 52.7 Å². The van der Waals surface area contributed by atoms with Gasteiger partial charge in [0.1, 0.15) is 5.92 Å². The number of nitrogens with one attached hydrogen (secondary N) is 1. The first-order chi connectivity index (χ1) is 11.0. The number of hydrogen-bond acceptors (Lipinski definition) is 3. The highest BCUT2D eigenvalue weighted by atomic mass is 35.5. The zero-order chi connectivity index (χ0) is 16.6. The van der Waals surface area contributed by atoms with Gasteiger partial charge in [-0.05, 0) is 38.5 Å². The highest BCUT2D eigenvalue weighted by Gasteiger charge is 2.41. The number of piperazine rings is 1. The van der Waals surface area contributed by atoms with E-state index in [1.165, 1.54) is 0 Å². The van der Waals surface area contributed by atoms with Crippen molar-refractivity contribution in [1.29, 1.82) is 0 Å². The molecule has 0 saturated carbocycles. The van der Waals surface area contributed by atoms with Crippen molar-refractivity contribution in [3.63, 3.8) is 0 Å². The van der Waals surface area contributed by atoms with E-state index in [2.05, 4.69) is 12.2 Å². The number of halogens is 2. The summed E-state index contributed by atoms with van der Waals surface area (Å²) >= 11 is 6.01. The molecular formula is C17H23Cl2N3O2. The summed E-state index contributed by atoms with van der Waals surface area (Å²) in [5.41, 5.74) is 0.763. The lowest BCUT2D eigenvalue weighted by Crippen LogP contribution is -2.58. The molecule has 24 heavy (non-hydrogen) atoms. The minimum absolute atomic E-state index is 0. The molecule has 0 radical (unpaired) electrons. The summed E-state index contributed by atoms with van der Waals surface area (Å²) in [6.45, 7) is 6.09. The number of benzene rings is 1. The van der Waals surface area contributed by atoms with Gasteiger partial charge < -0.3 is 15.1 Å². The zero-order valence-electron chi connectivity index (χ0n) is 13.9. The Morgan fingerprint density at radius 3 is 2.75 bits per heavy atom. The third-order valence-corrected chi connectivity index (χ3v) is 5.18. The third kappa shape index (κ3) is 3.53. The molecule has 132 valence electrons. The number of nitrogens with zero attached hydrogens (tertiary/aromatic N) is 2. The average molecular weight is 372 g/mol. The summed E-state index contributed by atoms with van der Waals surface area (Å²) in [6.07, 6.45) is 0.565. The van der Waals surface area contributed by atoms with Gasteiger partial charge in [0.05, 0.1) is 0 Å². The second kappa shape index (κ2) is 7.72. The number of hydrogen-bond donors (Lipinski definition) is 1. The van der Waals surface area contributed by atoms with Gasteiger partial charge in [0.25, 0.3) is 0 Å². The van der Waals surface area contributed by atoms with Crippen LogP contribution in [-0.2, 0) is 9.59 Å². The predicted molar refractivity (Wildman–Crippen MR) is 97.8 cm³/mol. The first-order valence-corrected chi connectivity index (χ1v) is 8.47. The van der Waals surface area contributed by atoms with Gasteiger partial charge >= 0.3 is 0 Å². The van der Waals surface area contributed by atoms with Crippen molar-refractivity contribution in [2.45, 2.75) is 32.4 Å². The smallest absolute Gasteiger partial charge is 0.239 e. The van der Waals surface area contributed by atoms with Crippen LogP contribution in [0.4, 0.5) is 5.69 Å². The van der Waals surface area contributed by atoms with E-state index >= 15 is 0 Å². The van der Waals surface area contributed by atoms with E-state index in [1.54, 1.807) is 17.0 Å². The quantitative estimate of drug-likeness (QED) is 0.811. The second-order valence-electron chi connectivity index (χ2n) is 6.33. The van der Waals surface area contributed by atoms with E-state index in [0.29, 0.717) is 24.5 Å². The first kappa shape index (κ1) is 19.0. The molecular weight excluding hydrogens is 349 g/mol. The molecule has 2 heterocycles. The molecule has 0 spiro atoms. The number of rotatable bonds is 2. The summed E-state index contributed by atoms with van der Waals surface area (Å²) < 4.78 is 0. The molecule has 3 atom stereocenters. The van der Waals surface area contributed by atoms with E-state index in [0.717, 1.165) is 12.2 Å². The Labute approximate surface area is 153 Å². The van der Waals surface area contributed by atoms with Crippen molar-refractivity contribution in [3.05, 3.63) is 29.3 Å². The number of carbonyl (C=O) groups excluding carboxylic acids is 2. The molecule has 0 aliphatic carbocycles. The van der Waals surface area contributed by atoms with Gasteiger partial charge in [-0.2, -0.15) is 0 Å².